The van der Waals surface area contributed by atoms with Crippen molar-refractivity contribution in [3.05, 3.63) is 95.0 Å². The second-order valence-electron chi connectivity index (χ2n) is 7.52. The number of rotatable bonds is 6. The van der Waals surface area contributed by atoms with E-state index in [0.717, 1.165) is 5.56 Å². The number of anilines is 1. The Morgan fingerprint density at radius 2 is 1.79 bits per heavy atom. The van der Waals surface area contributed by atoms with Crippen LogP contribution in [-0.2, 0) is 16.1 Å². The normalized spacial score (nSPS) is 17.0. The third-order valence-corrected chi connectivity index (χ3v) is 6.48. The monoisotopic (exact) mass is 493 g/mol. The fourth-order valence-corrected chi connectivity index (χ4v) is 4.57. The molecule has 2 N–H and O–H groups in total. The third-order valence-electron chi connectivity index (χ3n) is 5.04. The SMILES string of the molecule is O=C(O)c1cccc(NC(=O)C2CC(=O)N(Cc3ccccc3)C(=Nc3ccc(Cl)cc3)S2)c1. The van der Waals surface area contributed by atoms with E-state index >= 15 is 0 Å². The standard InChI is InChI=1S/C25H20ClN3O4S/c26-18-9-11-19(12-10-18)28-25-29(15-16-5-2-1-3-6-16)22(30)14-21(34-25)23(31)27-20-8-4-7-17(13-20)24(32)33/h1-13,21H,14-15H2,(H,27,31)(H,32,33). The Balaban J connectivity index is 1.58. The maximum Gasteiger partial charge on any atom is 0.335 e. The van der Waals surface area contributed by atoms with Gasteiger partial charge in [-0.2, -0.15) is 0 Å². The zero-order valence-electron chi connectivity index (χ0n) is 17.8. The highest BCUT2D eigenvalue weighted by Crippen LogP contribution is 2.31. The molecule has 1 aliphatic heterocycles. The highest BCUT2D eigenvalue weighted by Gasteiger charge is 2.36. The number of nitrogens with one attached hydrogen (secondary N) is 1. The summed E-state index contributed by atoms with van der Waals surface area (Å²) in [5.74, 6) is -1.72. The predicted molar refractivity (Wildman–Crippen MR) is 134 cm³/mol. The predicted octanol–water partition coefficient (Wildman–Crippen LogP) is 5.20. The first-order valence-corrected chi connectivity index (χ1v) is 11.6. The molecule has 9 heteroatoms. The minimum atomic E-state index is -1.09. The molecule has 34 heavy (non-hydrogen) atoms. The van der Waals surface area contributed by atoms with Gasteiger partial charge in [0.15, 0.2) is 5.17 Å². The van der Waals surface area contributed by atoms with Crippen LogP contribution in [-0.4, -0.2) is 38.2 Å². The first-order chi connectivity index (χ1) is 16.4. The van der Waals surface area contributed by atoms with Crippen molar-refractivity contribution in [3.8, 4) is 0 Å². The highest BCUT2D eigenvalue weighted by atomic mass is 35.5. The quantitative estimate of drug-likeness (QED) is 0.491. The minimum Gasteiger partial charge on any atom is -0.478 e. The van der Waals surface area contributed by atoms with Crippen molar-refractivity contribution < 1.29 is 19.5 Å². The van der Waals surface area contributed by atoms with Gasteiger partial charge >= 0.3 is 5.97 Å². The molecule has 0 saturated carbocycles. The average Bonchev–Trinajstić information content (AvgIpc) is 2.83. The summed E-state index contributed by atoms with van der Waals surface area (Å²) in [6.07, 6.45) is -0.0123. The summed E-state index contributed by atoms with van der Waals surface area (Å²) in [5.41, 5.74) is 1.95. The van der Waals surface area contributed by atoms with E-state index in [1.165, 1.54) is 23.9 Å². The molecule has 2 amide bonds. The lowest BCUT2D eigenvalue weighted by Crippen LogP contribution is -2.44. The molecule has 0 spiro atoms. The van der Waals surface area contributed by atoms with Gasteiger partial charge in [0.25, 0.3) is 0 Å². The summed E-state index contributed by atoms with van der Waals surface area (Å²) in [7, 11) is 0. The van der Waals surface area contributed by atoms with E-state index in [4.69, 9.17) is 11.6 Å². The molecule has 1 saturated heterocycles. The highest BCUT2D eigenvalue weighted by molar-refractivity contribution is 8.15. The van der Waals surface area contributed by atoms with Crippen LogP contribution in [0.4, 0.5) is 11.4 Å². The molecular formula is C25H20ClN3O4S. The maximum atomic E-state index is 13.1. The Kier molecular flexibility index (Phi) is 7.30. The number of hydrogen-bond acceptors (Lipinski definition) is 5. The van der Waals surface area contributed by atoms with Gasteiger partial charge in [-0.3, -0.25) is 14.5 Å². The number of carbonyl (C=O) groups excluding carboxylic acids is 2. The lowest BCUT2D eigenvalue weighted by atomic mass is 10.1. The number of amides is 2. The number of hydrogen-bond donors (Lipinski definition) is 2. The van der Waals surface area contributed by atoms with E-state index in [9.17, 15) is 19.5 Å². The number of nitrogens with zero attached hydrogens (tertiary/aromatic N) is 2. The van der Waals surface area contributed by atoms with Crippen LogP contribution in [0.5, 0.6) is 0 Å². The lowest BCUT2D eigenvalue weighted by molar-refractivity contribution is -0.129. The fraction of sp³-hybridized carbons (Fsp3) is 0.120. The van der Waals surface area contributed by atoms with E-state index in [-0.39, 0.29) is 17.9 Å². The molecule has 0 aliphatic carbocycles. The van der Waals surface area contributed by atoms with Crippen molar-refractivity contribution in [1.29, 1.82) is 0 Å². The Bertz CT molecular complexity index is 1250. The van der Waals surface area contributed by atoms with Crippen molar-refractivity contribution in [2.75, 3.05) is 5.32 Å². The smallest absolute Gasteiger partial charge is 0.335 e. The Morgan fingerprint density at radius 1 is 1.06 bits per heavy atom. The van der Waals surface area contributed by atoms with Crippen molar-refractivity contribution in [2.45, 2.75) is 18.2 Å². The topological polar surface area (TPSA) is 99.1 Å². The molecule has 172 valence electrons. The second kappa shape index (κ2) is 10.5. The van der Waals surface area contributed by atoms with E-state index < -0.39 is 17.1 Å². The summed E-state index contributed by atoms with van der Waals surface area (Å²) in [6, 6.07) is 22.4. The van der Waals surface area contributed by atoms with Gasteiger partial charge in [0.1, 0.15) is 5.25 Å². The van der Waals surface area contributed by atoms with Crippen LogP contribution in [0.25, 0.3) is 0 Å². The number of carbonyl (C=O) groups is 3. The van der Waals surface area contributed by atoms with Crippen molar-refractivity contribution in [1.82, 2.24) is 4.90 Å². The van der Waals surface area contributed by atoms with Gasteiger partial charge in [-0.15, -0.1) is 0 Å². The first kappa shape index (κ1) is 23.5. The first-order valence-electron chi connectivity index (χ1n) is 10.4. The molecule has 7 nitrogen and oxygen atoms in total. The molecule has 1 heterocycles. The molecule has 0 radical (unpaired) electrons. The summed E-state index contributed by atoms with van der Waals surface area (Å²) < 4.78 is 0. The maximum absolute atomic E-state index is 13.1. The number of aromatic carboxylic acids is 1. The van der Waals surface area contributed by atoms with Gasteiger partial charge in [0, 0.05) is 17.1 Å². The number of carboxylic acid groups (broad SMARTS) is 1. The van der Waals surface area contributed by atoms with Crippen LogP contribution in [0.1, 0.15) is 22.3 Å². The Hall–Kier alpha value is -3.62. The van der Waals surface area contributed by atoms with Crippen LogP contribution in [0.15, 0.2) is 83.9 Å². The minimum absolute atomic E-state index is 0.0123. The molecule has 0 aromatic heterocycles. The average molecular weight is 494 g/mol. The van der Waals surface area contributed by atoms with Gasteiger partial charge in [-0.25, -0.2) is 9.79 Å². The Labute approximate surface area is 205 Å². The van der Waals surface area contributed by atoms with Crippen LogP contribution >= 0.6 is 23.4 Å². The van der Waals surface area contributed by atoms with Crippen LogP contribution in [0.2, 0.25) is 5.02 Å². The van der Waals surface area contributed by atoms with E-state index in [1.54, 1.807) is 41.3 Å². The van der Waals surface area contributed by atoms with Crippen LogP contribution in [0.3, 0.4) is 0 Å². The van der Waals surface area contributed by atoms with Gasteiger partial charge < -0.3 is 10.4 Å². The summed E-state index contributed by atoms with van der Waals surface area (Å²) in [6.45, 7) is 0.327. The van der Waals surface area contributed by atoms with Crippen molar-refractivity contribution in [3.63, 3.8) is 0 Å². The summed E-state index contributed by atoms with van der Waals surface area (Å²) >= 11 is 7.17. The van der Waals surface area contributed by atoms with Crippen molar-refractivity contribution in [2.24, 2.45) is 4.99 Å². The van der Waals surface area contributed by atoms with E-state index in [1.807, 2.05) is 30.3 Å². The zero-order chi connectivity index (χ0) is 24.1. The number of benzene rings is 3. The van der Waals surface area contributed by atoms with Gasteiger partial charge in [0.2, 0.25) is 11.8 Å². The largest absolute Gasteiger partial charge is 0.478 e. The summed E-state index contributed by atoms with van der Waals surface area (Å²) in [4.78, 5) is 43.5. The van der Waals surface area contributed by atoms with E-state index in [0.29, 0.717) is 28.1 Å². The zero-order valence-corrected chi connectivity index (χ0v) is 19.4. The number of carboxylic acids is 1. The Morgan fingerprint density at radius 3 is 2.50 bits per heavy atom. The molecule has 3 aromatic rings. The lowest BCUT2D eigenvalue weighted by Gasteiger charge is -2.32. The third kappa shape index (κ3) is 5.84. The molecule has 1 aliphatic rings. The van der Waals surface area contributed by atoms with Gasteiger partial charge in [-0.05, 0) is 48.0 Å². The van der Waals surface area contributed by atoms with Crippen LogP contribution in [0, 0.1) is 0 Å². The molecular weight excluding hydrogens is 474 g/mol. The molecule has 4 rings (SSSR count). The number of halogens is 1. The molecule has 0 bridgehead atoms. The van der Waals surface area contributed by atoms with E-state index in [2.05, 4.69) is 10.3 Å². The number of amidine groups is 1. The molecule has 1 atom stereocenters. The van der Waals surface area contributed by atoms with Gasteiger partial charge in [-0.1, -0.05) is 59.8 Å². The van der Waals surface area contributed by atoms with Crippen LogP contribution < -0.4 is 5.32 Å². The summed E-state index contributed by atoms with van der Waals surface area (Å²) in [5, 5.41) is 12.1. The number of aliphatic imine (C=N–C) groups is 1. The fourth-order valence-electron chi connectivity index (χ4n) is 3.34. The second-order valence-corrected chi connectivity index (χ2v) is 9.13. The molecule has 1 unspecified atom stereocenters. The van der Waals surface area contributed by atoms with Crippen molar-refractivity contribution >= 4 is 57.7 Å². The van der Waals surface area contributed by atoms with Gasteiger partial charge in [0.05, 0.1) is 17.8 Å². The molecule has 1 fully saturated rings. The number of thioether (sulfide) groups is 1. The molecule has 3 aromatic carbocycles.